The molecular weight excluding hydrogens is 360 g/mol. The van der Waals surface area contributed by atoms with Crippen LogP contribution in [0.25, 0.3) is 17.2 Å². The third kappa shape index (κ3) is 4.03. The van der Waals surface area contributed by atoms with E-state index in [0.29, 0.717) is 23.6 Å². The van der Waals surface area contributed by atoms with Crippen LogP contribution in [0.3, 0.4) is 0 Å². The lowest BCUT2D eigenvalue weighted by Gasteiger charge is -2.12. The number of aromatic amines is 1. The molecule has 0 spiro atoms. The maximum atomic E-state index is 12.4. The minimum atomic E-state index is -0.285. The molecule has 9 heteroatoms. The van der Waals surface area contributed by atoms with Crippen molar-refractivity contribution < 1.29 is 14.3 Å². The highest BCUT2D eigenvalue weighted by Gasteiger charge is 2.15. The summed E-state index contributed by atoms with van der Waals surface area (Å²) < 4.78 is 10.6. The van der Waals surface area contributed by atoms with E-state index in [2.05, 4.69) is 25.3 Å². The number of nitrogens with two attached hydrogens (primary N) is 1. The Bertz CT molecular complexity index is 981. The number of hydrogen-bond donors (Lipinski definition) is 3. The van der Waals surface area contributed by atoms with Gasteiger partial charge >= 0.3 is 0 Å². The standard InChI is InChI=1S/C19H22N6O3/c1-11(23-19(26)18-24-13-8-5-9-21-17(13)25-18)6-4-7-12-10-22-16(20)15(28-3)14(12)27-2/h4-5,7-11H,6H2,1-3H3,(H2,20,22)(H,23,26)(H,21,24,25)/b7-4+/t11-/m0/s1. The van der Waals surface area contributed by atoms with Crippen molar-refractivity contribution in [3.8, 4) is 11.5 Å². The predicted molar refractivity (Wildman–Crippen MR) is 106 cm³/mol. The number of rotatable bonds is 7. The number of hydrogen-bond acceptors (Lipinski definition) is 7. The number of nitrogen functional groups attached to an aromatic ring is 1. The molecule has 3 aromatic heterocycles. The number of methoxy groups -OCH3 is 2. The first-order valence-electron chi connectivity index (χ1n) is 8.68. The highest BCUT2D eigenvalue weighted by Crippen LogP contribution is 2.35. The van der Waals surface area contributed by atoms with E-state index >= 15 is 0 Å². The summed E-state index contributed by atoms with van der Waals surface area (Å²) in [5.41, 5.74) is 7.75. The molecule has 0 bridgehead atoms. The second-order valence-electron chi connectivity index (χ2n) is 6.14. The molecular formula is C19H22N6O3. The number of pyridine rings is 2. The van der Waals surface area contributed by atoms with Crippen molar-refractivity contribution in [3.63, 3.8) is 0 Å². The SMILES string of the molecule is COc1c(/C=C/C[C@H](C)NC(=O)c2nc3ncccc3[nH]2)cnc(N)c1OC. The smallest absolute Gasteiger partial charge is 0.287 e. The molecule has 146 valence electrons. The van der Waals surface area contributed by atoms with Crippen LogP contribution in [0.15, 0.2) is 30.6 Å². The van der Waals surface area contributed by atoms with E-state index in [1.807, 2.05) is 25.1 Å². The van der Waals surface area contributed by atoms with Crippen LogP contribution in [0.5, 0.6) is 11.5 Å². The molecule has 0 fully saturated rings. The van der Waals surface area contributed by atoms with Gasteiger partial charge in [-0.15, -0.1) is 0 Å². The predicted octanol–water partition coefficient (Wildman–Crippen LogP) is 2.17. The number of amides is 1. The summed E-state index contributed by atoms with van der Waals surface area (Å²) in [7, 11) is 3.05. The molecule has 3 aromatic rings. The van der Waals surface area contributed by atoms with Crippen molar-refractivity contribution in [2.24, 2.45) is 0 Å². The molecule has 0 unspecified atom stereocenters. The van der Waals surface area contributed by atoms with Crippen LogP contribution in [0, 0.1) is 0 Å². The number of H-pyrrole nitrogens is 1. The largest absolute Gasteiger partial charge is 0.492 e. The third-order valence-electron chi connectivity index (χ3n) is 4.09. The monoisotopic (exact) mass is 382 g/mol. The number of aromatic nitrogens is 4. The Morgan fingerprint density at radius 1 is 1.32 bits per heavy atom. The minimum Gasteiger partial charge on any atom is -0.492 e. The van der Waals surface area contributed by atoms with Crippen LogP contribution >= 0.6 is 0 Å². The summed E-state index contributed by atoms with van der Waals surface area (Å²) in [5, 5.41) is 2.90. The molecule has 0 aromatic carbocycles. The van der Waals surface area contributed by atoms with Gasteiger partial charge < -0.3 is 25.5 Å². The van der Waals surface area contributed by atoms with E-state index in [1.54, 1.807) is 25.6 Å². The zero-order valence-corrected chi connectivity index (χ0v) is 15.9. The van der Waals surface area contributed by atoms with Crippen LogP contribution in [0.1, 0.15) is 29.5 Å². The number of anilines is 1. The Hall–Kier alpha value is -3.62. The van der Waals surface area contributed by atoms with Gasteiger partial charge in [-0.05, 0) is 25.5 Å². The van der Waals surface area contributed by atoms with Crippen LogP contribution in [0.2, 0.25) is 0 Å². The second kappa shape index (κ2) is 8.38. The van der Waals surface area contributed by atoms with Gasteiger partial charge in [0.25, 0.3) is 5.91 Å². The summed E-state index contributed by atoms with van der Waals surface area (Å²) in [6.45, 7) is 1.90. The fraction of sp³-hybridized carbons (Fsp3) is 0.263. The van der Waals surface area contributed by atoms with E-state index in [-0.39, 0.29) is 23.6 Å². The van der Waals surface area contributed by atoms with Gasteiger partial charge in [-0.3, -0.25) is 4.79 Å². The van der Waals surface area contributed by atoms with Gasteiger partial charge in [0.1, 0.15) is 0 Å². The first-order valence-corrected chi connectivity index (χ1v) is 8.68. The summed E-state index contributed by atoms with van der Waals surface area (Å²) >= 11 is 0. The van der Waals surface area contributed by atoms with E-state index in [0.717, 1.165) is 11.1 Å². The van der Waals surface area contributed by atoms with Crippen LogP contribution < -0.4 is 20.5 Å². The quantitative estimate of drug-likeness (QED) is 0.571. The first kappa shape index (κ1) is 19.2. The number of carbonyl (C=O) groups excluding carboxylic acids is 1. The maximum Gasteiger partial charge on any atom is 0.287 e. The number of imidazole rings is 1. The van der Waals surface area contributed by atoms with Gasteiger partial charge in [-0.1, -0.05) is 12.2 Å². The van der Waals surface area contributed by atoms with Gasteiger partial charge in [0.05, 0.1) is 19.7 Å². The van der Waals surface area contributed by atoms with Gasteiger partial charge in [0.15, 0.2) is 23.0 Å². The van der Waals surface area contributed by atoms with E-state index in [1.165, 1.54) is 7.11 Å². The topological polar surface area (TPSA) is 128 Å². The molecule has 1 amide bonds. The van der Waals surface area contributed by atoms with Crippen LogP contribution in [0.4, 0.5) is 5.82 Å². The molecule has 0 aliphatic carbocycles. The zero-order chi connectivity index (χ0) is 20.1. The van der Waals surface area contributed by atoms with Crippen molar-refractivity contribution in [2.75, 3.05) is 20.0 Å². The number of carbonyl (C=O) groups is 1. The lowest BCUT2D eigenvalue weighted by Crippen LogP contribution is -2.32. The fourth-order valence-electron chi connectivity index (χ4n) is 2.73. The van der Waals surface area contributed by atoms with Crippen molar-refractivity contribution in [1.29, 1.82) is 0 Å². The van der Waals surface area contributed by atoms with Gasteiger partial charge in [0, 0.05) is 24.0 Å². The number of fused-ring (bicyclic) bond motifs is 1. The van der Waals surface area contributed by atoms with E-state index < -0.39 is 0 Å². The van der Waals surface area contributed by atoms with Crippen LogP contribution in [-0.2, 0) is 0 Å². The maximum absolute atomic E-state index is 12.4. The van der Waals surface area contributed by atoms with Gasteiger partial charge in [-0.2, -0.15) is 0 Å². The highest BCUT2D eigenvalue weighted by molar-refractivity contribution is 5.93. The van der Waals surface area contributed by atoms with Crippen LogP contribution in [-0.4, -0.2) is 46.1 Å². The molecule has 0 saturated carbocycles. The Morgan fingerprint density at radius 2 is 2.11 bits per heavy atom. The lowest BCUT2D eigenvalue weighted by atomic mass is 10.1. The summed E-state index contributed by atoms with van der Waals surface area (Å²) in [6.07, 6.45) is 7.60. The normalized spacial score (nSPS) is 12.2. The Kier molecular flexibility index (Phi) is 5.73. The zero-order valence-electron chi connectivity index (χ0n) is 15.9. The molecule has 0 radical (unpaired) electrons. The molecule has 4 N–H and O–H groups in total. The van der Waals surface area contributed by atoms with Gasteiger partial charge in [-0.25, -0.2) is 15.0 Å². The average Bonchev–Trinajstić information content (AvgIpc) is 3.13. The van der Waals surface area contributed by atoms with Crippen molar-refractivity contribution in [3.05, 3.63) is 42.0 Å². The fourth-order valence-corrected chi connectivity index (χ4v) is 2.73. The molecule has 3 heterocycles. The molecule has 9 nitrogen and oxygen atoms in total. The highest BCUT2D eigenvalue weighted by atomic mass is 16.5. The lowest BCUT2D eigenvalue weighted by molar-refractivity contribution is 0.0931. The number of ether oxygens (including phenoxy) is 2. The Morgan fingerprint density at radius 3 is 2.82 bits per heavy atom. The van der Waals surface area contributed by atoms with Crippen molar-refractivity contribution in [2.45, 2.75) is 19.4 Å². The van der Waals surface area contributed by atoms with E-state index in [4.69, 9.17) is 15.2 Å². The summed E-state index contributed by atoms with van der Waals surface area (Å²) in [5.74, 6) is 1.12. The third-order valence-corrected chi connectivity index (χ3v) is 4.09. The molecule has 0 saturated heterocycles. The minimum absolute atomic E-state index is 0.112. The molecule has 0 aliphatic heterocycles. The Labute approximate surface area is 162 Å². The molecule has 1 atom stereocenters. The average molecular weight is 382 g/mol. The van der Waals surface area contributed by atoms with Crippen molar-refractivity contribution >= 4 is 29.0 Å². The van der Waals surface area contributed by atoms with Crippen molar-refractivity contribution in [1.82, 2.24) is 25.3 Å². The second-order valence-corrected chi connectivity index (χ2v) is 6.14. The summed E-state index contributed by atoms with van der Waals surface area (Å²) in [4.78, 5) is 27.7. The molecule has 0 aliphatic rings. The van der Waals surface area contributed by atoms with E-state index in [9.17, 15) is 4.79 Å². The number of nitrogens with zero attached hydrogens (tertiary/aromatic N) is 3. The molecule has 28 heavy (non-hydrogen) atoms. The summed E-state index contributed by atoms with van der Waals surface area (Å²) in [6, 6.07) is 3.49. The molecule has 3 rings (SSSR count). The number of nitrogens with one attached hydrogen (secondary N) is 2. The van der Waals surface area contributed by atoms with Gasteiger partial charge in [0.2, 0.25) is 5.75 Å². The Balaban J connectivity index is 1.64. The first-order chi connectivity index (χ1) is 13.5.